The highest BCUT2D eigenvalue weighted by molar-refractivity contribution is 6.00. The molecule has 0 saturated heterocycles. The van der Waals surface area contributed by atoms with Crippen molar-refractivity contribution in [1.82, 2.24) is 20.0 Å². The van der Waals surface area contributed by atoms with Crippen molar-refractivity contribution in [3.63, 3.8) is 0 Å². The van der Waals surface area contributed by atoms with Crippen LogP contribution >= 0.6 is 0 Å². The van der Waals surface area contributed by atoms with Gasteiger partial charge in [-0.1, -0.05) is 60.7 Å². The van der Waals surface area contributed by atoms with E-state index in [2.05, 4.69) is 10.4 Å². The molecule has 1 aliphatic heterocycles. The maximum atomic E-state index is 13.7. The van der Waals surface area contributed by atoms with Crippen LogP contribution < -0.4 is 5.32 Å². The largest absolute Gasteiger partial charge is 0.469 e. The Labute approximate surface area is 198 Å². The minimum absolute atomic E-state index is 0.216. The van der Waals surface area contributed by atoms with E-state index >= 15 is 0 Å². The van der Waals surface area contributed by atoms with Gasteiger partial charge in [0, 0.05) is 25.1 Å². The topological polar surface area (TPSA) is 80.4 Å². The first-order valence-corrected chi connectivity index (χ1v) is 11.3. The highest BCUT2D eigenvalue weighted by Crippen LogP contribution is 2.30. The number of rotatable bonds is 7. The third-order valence-corrected chi connectivity index (χ3v) is 6.31. The van der Waals surface area contributed by atoms with Crippen molar-refractivity contribution >= 4 is 11.8 Å². The molecule has 1 aliphatic rings. The maximum absolute atomic E-state index is 13.7. The summed E-state index contributed by atoms with van der Waals surface area (Å²) in [6.07, 6.45) is 2.13. The number of aromatic nitrogens is 2. The lowest BCUT2D eigenvalue weighted by Crippen LogP contribution is -2.64. The molecule has 7 heteroatoms. The summed E-state index contributed by atoms with van der Waals surface area (Å²) in [4.78, 5) is 28.9. The molecule has 0 bridgehead atoms. The third-order valence-electron chi connectivity index (χ3n) is 6.31. The van der Waals surface area contributed by atoms with Crippen LogP contribution in [0.15, 0.2) is 89.5 Å². The van der Waals surface area contributed by atoms with Crippen molar-refractivity contribution in [2.45, 2.75) is 32.0 Å². The van der Waals surface area contributed by atoms with Crippen LogP contribution in [-0.2, 0) is 24.3 Å². The lowest BCUT2D eigenvalue weighted by Gasteiger charge is -2.43. The Bertz CT molecular complexity index is 1280. The second-order valence-corrected chi connectivity index (χ2v) is 8.67. The Morgan fingerprint density at radius 2 is 1.79 bits per heavy atom. The summed E-state index contributed by atoms with van der Waals surface area (Å²) in [7, 11) is 0. The Balaban J connectivity index is 1.45. The van der Waals surface area contributed by atoms with E-state index in [9.17, 15) is 9.59 Å². The molecular weight excluding hydrogens is 428 g/mol. The predicted octanol–water partition coefficient (Wildman–Crippen LogP) is 3.92. The van der Waals surface area contributed by atoms with Crippen LogP contribution in [0.5, 0.6) is 0 Å². The molecule has 0 unspecified atom stereocenters. The summed E-state index contributed by atoms with van der Waals surface area (Å²) >= 11 is 0. The van der Waals surface area contributed by atoms with Gasteiger partial charge in [-0.05, 0) is 30.7 Å². The number of fused-ring (bicyclic) bond motifs is 1. The Morgan fingerprint density at radius 1 is 1.06 bits per heavy atom. The molecule has 2 aromatic carbocycles. The minimum atomic E-state index is -1.11. The smallest absolute Gasteiger partial charge is 0.273 e. The van der Waals surface area contributed by atoms with Crippen LogP contribution in [0.1, 0.15) is 28.7 Å². The van der Waals surface area contributed by atoms with Gasteiger partial charge in [0.25, 0.3) is 5.91 Å². The highest BCUT2D eigenvalue weighted by atomic mass is 16.3. The van der Waals surface area contributed by atoms with Crippen molar-refractivity contribution in [2.24, 2.45) is 0 Å². The Kier molecular flexibility index (Phi) is 5.76. The molecule has 2 aromatic heterocycles. The number of furan rings is 1. The van der Waals surface area contributed by atoms with Gasteiger partial charge in [0.2, 0.25) is 5.91 Å². The van der Waals surface area contributed by atoms with Crippen molar-refractivity contribution in [1.29, 1.82) is 0 Å². The van der Waals surface area contributed by atoms with E-state index in [1.165, 1.54) is 0 Å². The molecule has 4 aromatic rings. The predicted molar refractivity (Wildman–Crippen MR) is 128 cm³/mol. The fourth-order valence-electron chi connectivity index (χ4n) is 4.39. The first-order chi connectivity index (χ1) is 16.5. The summed E-state index contributed by atoms with van der Waals surface area (Å²) in [5.41, 5.74) is 2.01. The maximum Gasteiger partial charge on any atom is 0.273 e. The normalized spacial score (nSPS) is 17.4. The molecule has 172 valence electrons. The van der Waals surface area contributed by atoms with E-state index in [1.807, 2.05) is 72.8 Å². The van der Waals surface area contributed by atoms with Crippen LogP contribution in [0.4, 0.5) is 0 Å². The number of carbonyl (C=O) groups excluding carboxylic acids is 2. The summed E-state index contributed by atoms with van der Waals surface area (Å²) in [6.45, 7) is 2.81. The van der Waals surface area contributed by atoms with Crippen LogP contribution in [0.25, 0.3) is 11.3 Å². The molecule has 34 heavy (non-hydrogen) atoms. The van der Waals surface area contributed by atoms with Crippen molar-refractivity contribution in [3.05, 3.63) is 102 Å². The van der Waals surface area contributed by atoms with Gasteiger partial charge >= 0.3 is 0 Å². The SMILES string of the molecule is C[C@]1(C(=O)NCc2ccccc2)Cn2nc(-c3ccccc3)cc2C(=O)N1CCc1ccco1. The number of nitrogens with zero attached hydrogens (tertiary/aromatic N) is 3. The number of hydrogen-bond donors (Lipinski definition) is 1. The zero-order chi connectivity index (χ0) is 23.5. The summed E-state index contributed by atoms with van der Waals surface area (Å²) in [5.74, 6) is 0.334. The number of nitrogens with one attached hydrogen (secondary N) is 1. The highest BCUT2D eigenvalue weighted by Gasteiger charge is 2.47. The molecule has 0 saturated carbocycles. The van der Waals surface area contributed by atoms with Crippen LogP contribution in [0.2, 0.25) is 0 Å². The number of benzene rings is 2. The zero-order valence-electron chi connectivity index (χ0n) is 19.0. The van der Waals surface area contributed by atoms with Crippen LogP contribution in [0, 0.1) is 0 Å². The van der Waals surface area contributed by atoms with Gasteiger partial charge in [-0.15, -0.1) is 0 Å². The Morgan fingerprint density at radius 3 is 2.50 bits per heavy atom. The fourth-order valence-corrected chi connectivity index (χ4v) is 4.39. The quantitative estimate of drug-likeness (QED) is 0.459. The average molecular weight is 455 g/mol. The second-order valence-electron chi connectivity index (χ2n) is 8.67. The van der Waals surface area contributed by atoms with E-state index < -0.39 is 5.54 Å². The molecule has 5 rings (SSSR count). The molecule has 0 radical (unpaired) electrons. The van der Waals surface area contributed by atoms with Crippen molar-refractivity contribution in [2.75, 3.05) is 6.54 Å². The van der Waals surface area contributed by atoms with E-state index in [-0.39, 0.29) is 18.4 Å². The lowest BCUT2D eigenvalue weighted by molar-refractivity contribution is -0.133. The monoisotopic (exact) mass is 454 g/mol. The van der Waals surface area contributed by atoms with Gasteiger partial charge < -0.3 is 14.6 Å². The standard InChI is InChI=1S/C27H26N4O3/c1-27(26(33)28-18-20-9-4-2-5-10-20)19-31-24(17-23(29-31)21-11-6-3-7-12-21)25(32)30(27)15-14-22-13-8-16-34-22/h2-13,16-17H,14-15,18-19H2,1H3,(H,28,33)/t27-/m1/s1. The fraction of sp³-hybridized carbons (Fsp3) is 0.222. The summed E-state index contributed by atoms with van der Waals surface area (Å²) in [5, 5.41) is 7.71. The average Bonchev–Trinajstić information content (AvgIpc) is 3.54. The van der Waals surface area contributed by atoms with Crippen LogP contribution in [0.3, 0.4) is 0 Å². The molecule has 2 amide bonds. The minimum Gasteiger partial charge on any atom is -0.469 e. The molecular formula is C27H26N4O3. The molecule has 0 spiro atoms. The van der Waals surface area contributed by atoms with Crippen LogP contribution in [-0.4, -0.2) is 38.6 Å². The van der Waals surface area contributed by atoms with Gasteiger partial charge in [-0.3, -0.25) is 14.3 Å². The first kappa shape index (κ1) is 21.7. The van der Waals surface area contributed by atoms with Crippen molar-refractivity contribution < 1.29 is 14.0 Å². The zero-order valence-corrected chi connectivity index (χ0v) is 19.0. The number of carbonyl (C=O) groups is 2. The first-order valence-electron chi connectivity index (χ1n) is 11.3. The van der Waals surface area contributed by atoms with E-state index in [4.69, 9.17) is 4.42 Å². The molecule has 1 atom stereocenters. The molecule has 0 fully saturated rings. The van der Waals surface area contributed by atoms with Gasteiger partial charge in [0.15, 0.2) is 0 Å². The summed E-state index contributed by atoms with van der Waals surface area (Å²) < 4.78 is 7.13. The molecule has 0 aliphatic carbocycles. The third kappa shape index (κ3) is 4.12. The van der Waals surface area contributed by atoms with Gasteiger partial charge in [-0.2, -0.15) is 5.10 Å². The number of hydrogen-bond acceptors (Lipinski definition) is 4. The summed E-state index contributed by atoms with van der Waals surface area (Å²) in [6, 6.07) is 25.0. The number of amides is 2. The van der Waals surface area contributed by atoms with E-state index in [0.717, 1.165) is 16.9 Å². The van der Waals surface area contributed by atoms with Gasteiger partial charge in [-0.25, -0.2) is 0 Å². The van der Waals surface area contributed by atoms with Gasteiger partial charge in [0.1, 0.15) is 17.0 Å². The Hall–Kier alpha value is -4.13. The van der Waals surface area contributed by atoms with E-state index in [1.54, 1.807) is 28.8 Å². The van der Waals surface area contributed by atoms with Crippen molar-refractivity contribution in [3.8, 4) is 11.3 Å². The second kappa shape index (κ2) is 9.02. The molecule has 7 nitrogen and oxygen atoms in total. The molecule has 3 heterocycles. The lowest BCUT2D eigenvalue weighted by atomic mass is 9.94. The van der Waals surface area contributed by atoms with E-state index in [0.29, 0.717) is 30.9 Å². The van der Waals surface area contributed by atoms with Gasteiger partial charge in [0.05, 0.1) is 18.5 Å². The molecule has 1 N–H and O–H groups in total.